The molecule has 6 heteroatoms. The van der Waals surface area contributed by atoms with Crippen molar-refractivity contribution < 1.29 is 18.7 Å². The molecule has 128 valence electrons. The lowest BCUT2D eigenvalue weighted by molar-refractivity contribution is 0.235. The first-order valence-corrected chi connectivity index (χ1v) is 7.62. The number of methoxy groups -OCH3 is 1. The third-order valence-corrected chi connectivity index (χ3v) is 3.36. The van der Waals surface area contributed by atoms with Crippen molar-refractivity contribution in [2.75, 3.05) is 20.3 Å². The number of halogens is 1. The normalized spacial score (nSPS) is 10.1. The Morgan fingerprint density at radius 2 is 1.92 bits per heavy atom. The Labute approximate surface area is 140 Å². The Bertz CT molecular complexity index is 692. The van der Waals surface area contributed by atoms with Gasteiger partial charge in [-0.15, -0.1) is 0 Å². The molecule has 2 aromatic carbocycles. The largest absolute Gasteiger partial charge is 0.493 e. The zero-order chi connectivity index (χ0) is 17.4. The summed E-state index contributed by atoms with van der Waals surface area (Å²) in [7, 11) is 1.58. The molecule has 0 aliphatic rings. The molecular formula is C18H21FN2O3. The molecule has 0 aliphatic heterocycles. The predicted molar refractivity (Wildman–Crippen MR) is 89.9 cm³/mol. The van der Waals surface area contributed by atoms with E-state index in [1.165, 1.54) is 6.07 Å². The summed E-state index contributed by atoms with van der Waals surface area (Å²) >= 11 is 0. The molecule has 2 aromatic rings. The van der Waals surface area contributed by atoms with Gasteiger partial charge in [-0.1, -0.05) is 24.3 Å². The standard InChI is InChI=1S/C18H21FN2O3/c1-13-7-8-16(17(11-13)23-2)24-10-9-20-18(22)21-12-14-5-3-4-6-15(14)19/h3-8,11H,9-10,12H2,1-2H3,(H2,20,21,22). The van der Waals surface area contributed by atoms with Crippen molar-refractivity contribution in [1.82, 2.24) is 10.6 Å². The summed E-state index contributed by atoms with van der Waals surface area (Å²) in [6, 6.07) is 11.6. The molecule has 5 nitrogen and oxygen atoms in total. The molecule has 0 bridgehead atoms. The van der Waals surface area contributed by atoms with Crippen LogP contribution in [0.1, 0.15) is 11.1 Å². The molecule has 0 atom stereocenters. The van der Waals surface area contributed by atoms with Crippen molar-refractivity contribution in [2.45, 2.75) is 13.5 Å². The lowest BCUT2D eigenvalue weighted by atomic mass is 10.2. The number of nitrogens with one attached hydrogen (secondary N) is 2. The third kappa shape index (κ3) is 5.15. The van der Waals surface area contributed by atoms with Crippen LogP contribution in [-0.4, -0.2) is 26.3 Å². The van der Waals surface area contributed by atoms with Crippen LogP contribution in [0.15, 0.2) is 42.5 Å². The number of urea groups is 1. The van der Waals surface area contributed by atoms with Gasteiger partial charge in [0.25, 0.3) is 0 Å². The molecule has 0 heterocycles. The van der Waals surface area contributed by atoms with Gasteiger partial charge in [-0.2, -0.15) is 0 Å². The van der Waals surface area contributed by atoms with Gasteiger partial charge in [-0.05, 0) is 30.7 Å². The zero-order valence-corrected chi connectivity index (χ0v) is 13.8. The van der Waals surface area contributed by atoms with Crippen molar-refractivity contribution >= 4 is 6.03 Å². The number of benzene rings is 2. The lowest BCUT2D eigenvalue weighted by Crippen LogP contribution is -2.37. The highest BCUT2D eigenvalue weighted by Crippen LogP contribution is 2.27. The Morgan fingerprint density at radius 1 is 1.12 bits per heavy atom. The summed E-state index contributed by atoms with van der Waals surface area (Å²) in [6.45, 7) is 2.71. The Balaban J connectivity index is 1.70. The molecule has 0 spiro atoms. The molecule has 0 fully saturated rings. The average Bonchev–Trinajstić information content (AvgIpc) is 2.59. The van der Waals surface area contributed by atoms with Gasteiger partial charge >= 0.3 is 6.03 Å². The number of hydrogen-bond acceptors (Lipinski definition) is 3. The van der Waals surface area contributed by atoms with Gasteiger partial charge in [0.05, 0.1) is 13.7 Å². The maximum absolute atomic E-state index is 13.4. The number of rotatable bonds is 7. The second-order valence-corrected chi connectivity index (χ2v) is 5.20. The van der Waals surface area contributed by atoms with Crippen LogP contribution in [0.3, 0.4) is 0 Å². The fraction of sp³-hybridized carbons (Fsp3) is 0.278. The van der Waals surface area contributed by atoms with E-state index in [-0.39, 0.29) is 18.4 Å². The maximum Gasteiger partial charge on any atom is 0.315 e. The van der Waals surface area contributed by atoms with Crippen LogP contribution in [0.5, 0.6) is 11.5 Å². The third-order valence-electron chi connectivity index (χ3n) is 3.36. The molecule has 2 rings (SSSR count). The Hall–Kier alpha value is -2.76. The van der Waals surface area contributed by atoms with Crippen LogP contribution in [0, 0.1) is 12.7 Å². The minimum atomic E-state index is -0.377. The monoisotopic (exact) mass is 332 g/mol. The van der Waals surface area contributed by atoms with Crippen LogP contribution >= 0.6 is 0 Å². The van der Waals surface area contributed by atoms with Crippen LogP contribution in [0.4, 0.5) is 9.18 Å². The Morgan fingerprint density at radius 3 is 2.67 bits per heavy atom. The van der Waals surface area contributed by atoms with Crippen LogP contribution in [-0.2, 0) is 6.54 Å². The lowest BCUT2D eigenvalue weighted by Gasteiger charge is -2.12. The minimum absolute atomic E-state index is 0.130. The highest BCUT2D eigenvalue weighted by Gasteiger charge is 2.06. The molecule has 0 saturated heterocycles. The second-order valence-electron chi connectivity index (χ2n) is 5.20. The van der Waals surface area contributed by atoms with E-state index in [4.69, 9.17) is 9.47 Å². The quantitative estimate of drug-likeness (QED) is 0.766. The number of hydrogen-bond donors (Lipinski definition) is 2. The number of amides is 2. The highest BCUT2D eigenvalue weighted by molar-refractivity contribution is 5.73. The second kappa shape index (κ2) is 8.76. The van der Waals surface area contributed by atoms with E-state index in [9.17, 15) is 9.18 Å². The topological polar surface area (TPSA) is 59.6 Å². The molecule has 0 aromatic heterocycles. The van der Waals surface area contributed by atoms with Gasteiger partial charge < -0.3 is 20.1 Å². The molecule has 0 radical (unpaired) electrons. The van der Waals surface area contributed by atoms with Crippen LogP contribution in [0.2, 0.25) is 0 Å². The fourth-order valence-corrected chi connectivity index (χ4v) is 2.10. The van der Waals surface area contributed by atoms with Crippen molar-refractivity contribution in [3.8, 4) is 11.5 Å². The number of carbonyl (C=O) groups excluding carboxylic acids is 1. The molecule has 0 unspecified atom stereocenters. The van der Waals surface area contributed by atoms with Gasteiger partial charge in [0, 0.05) is 12.1 Å². The summed E-state index contributed by atoms with van der Waals surface area (Å²) < 4.78 is 24.3. The average molecular weight is 332 g/mol. The predicted octanol–water partition coefficient (Wildman–Crippen LogP) is 3.02. The van der Waals surface area contributed by atoms with Crippen molar-refractivity contribution in [3.63, 3.8) is 0 Å². The highest BCUT2D eigenvalue weighted by atomic mass is 19.1. The van der Waals surface area contributed by atoms with E-state index in [1.54, 1.807) is 25.3 Å². The summed E-state index contributed by atoms with van der Waals surface area (Å²) in [5.74, 6) is 0.934. The van der Waals surface area contributed by atoms with Crippen molar-refractivity contribution in [2.24, 2.45) is 0 Å². The van der Waals surface area contributed by atoms with Crippen molar-refractivity contribution in [1.29, 1.82) is 0 Å². The van der Waals surface area contributed by atoms with Gasteiger partial charge in [0.1, 0.15) is 12.4 Å². The summed E-state index contributed by atoms with van der Waals surface area (Å²) in [5, 5.41) is 5.25. The van der Waals surface area contributed by atoms with Gasteiger partial charge in [0.15, 0.2) is 11.5 Å². The Kier molecular flexibility index (Phi) is 6.42. The molecule has 0 saturated carbocycles. The van der Waals surface area contributed by atoms with Gasteiger partial charge in [0.2, 0.25) is 0 Å². The van der Waals surface area contributed by atoms with E-state index in [0.29, 0.717) is 30.2 Å². The fourth-order valence-electron chi connectivity index (χ4n) is 2.10. The zero-order valence-electron chi connectivity index (χ0n) is 13.8. The molecule has 2 N–H and O–H groups in total. The van der Waals surface area contributed by atoms with Crippen molar-refractivity contribution in [3.05, 3.63) is 59.4 Å². The summed E-state index contributed by atoms with van der Waals surface area (Å²) in [6.07, 6.45) is 0. The maximum atomic E-state index is 13.4. The first-order valence-electron chi connectivity index (χ1n) is 7.62. The minimum Gasteiger partial charge on any atom is -0.493 e. The van der Waals surface area contributed by atoms with Gasteiger partial charge in [-0.3, -0.25) is 0 Å². The van der Waals surface area contributed by atoms with E-state index < -0.39 is 0 Å². The first kappa shape index (κ1) is 17.6. The molecule has 2 amide bonds. The molecule has 0 aliphatic carbocycles. The van der Waals surface area contributed by atoms with E-state index in [0.717, 1.165) is 5.56 Å². The summed E-state index contributed by atoms with van der Waals surface area (Å²) in [4.78, 5) is 11.7. The molecule has 24 heavy (non-hydrogen) atoms. The first-order chi connectivity index (χ1) is 11.6. The van der Waals surface area contributed by atoms with Crippen LogP contribution < -0.4 is 20.1 Å². The molecular weight excluding hydrogens is 311 g/mol. The van der Waals surface area contributed by atoms with Gasteiger partial charge in [-0.25, -0.2) is 9.18 Å². The van der Waals surface area contributed by atoms with E-state index >= 15 is 0 Å². The smallest absolute Gasteiger partial charge is 0.315 e. The summed E-state index contributed by atoms with van der Waals surface area (Å²) in [5.41, 5.74) is 1.51. The van der Waals surface area contributed by atoms with E-state index in [2.05, 4.69) is 10.6 Å². The number of aryl methyl sites for hydroxylation is 1. The number of carbonyl (C=O) groups is 1. The van der Waals surface area contributed by atoms with Crippen LogP contribution in [0.25, 0.3) is 0 Å². The SMILES string of the molecule is COc1cc(C)ccc1OCCNC(=O)NCc1ccccc1F. The number of ether oxygens (including phenoxy) is 2. The van der Waals surface area contributed by atoms with E-state index in [1.807, 2.05) is 25.1 Å².